The number of carbonyl (C=O) groups excluding carboxylic acids is 3. The molecule has 0 spiro atoms. The van der Waals surface area contributed by atoms with E-state index in [4.69, 9.17) is 23.2 Å². The lowest BCUT2D eigenvalue weighted by atomic mass is 9.85. The summed E-state index contributed by atoms with van der Waals surface area (Å²) < 4.78 is 0. The molecule has 7 nitrogen and oxygen atoms in total. The zero-order chi connectivity index (χ0) is 25.0. The van der Waals surface area contributed by atoms with Crippen molar-refractivity contribution in [3.8, 4) is 0 Å². The lowest BCUT2D eigenvalue weighted by Crippen LogP contribution is -2.58. The summed E-state index contributed by atoms with van der Waals surface area (Å²) in [6, 6.07) is 11.4. The van der Waals surface area contributed by atoms with Gasteiger partial charge in [0.25, 0.3) is 5.91 Å². The Balaban J connectivity index is 1.69. The molecule has 0 bridgehead atoms. The molecule has 34 heavy (non-hydrogen) atoms. The van der Waals surface area contributed by atoms with E-state index < -0.39 is 11.5 Å². The van der Waals surface area contributed by atoms with Gasteiger partial charge >= 0.3 is 0 Å². The molecule has 2 aromatic rings. The average molecular weight is 505 g/mol. The quantitative estimate of drug-likeness (QED) is 0.630. The van der Waals surface area contributed by atoms with Crippen LogP contribution in [-0.4, -0.2) is 54.8 Å². The van der Waals surface area contributed by atoms with Crippen LogP contribution in [0.2, 0.25) is 10.0 Å². The number of piperazine rings is 1. The number of hydrogen-bond acceptors (Lipinski definition) is 4. The maximum absolute atomic E-state index is 13.5. The molecule has 0 radical (unpaired) electrons. The Bertz CT molecular complexity index is 1080. The summed E-state index contributed by atoms with van der Waals surface area (Å²) in [5, 5.41) is 6.59. The largest absolute Gasteiger partial charge is 0.368 e. The van der Waals surface area contributed by atoms with Gasteiger partial charge in [0, 0.05) is 50.0 Å². The molecule has 0 saturated carbocycles. The molecule has 1 fully saturated rings. The van der Waals surface area contributed by atoms with Crippen molar-refractivity contribution in [1.82, 2.24) is 10.2 Å². The van der Waals surface area contributed by atoms with Crippen LogP contribution in [0.3, 0.4) is 0 Å². The number of benzene rings is 2. The molecule has 2 N–H and O–H groups in total. The Hall–Kier alpha value is -2.77. The van der Waals surface area contributed by atoms with E-state index in [9.17, 15) is 14.4 Å². The van der Waals surface area contributed by atoms with Crippen LogP contribution in [0.4, 0.5) is 11.4 Å². The third-order valence-corrected chi connectivity index (χ3v) is 6.43. The molecular weight excluding hydrogens is 475 g/mol. The number of nitrogens with zero attached hydrogens (tertiary/aromatic N) is 2. The second-order valence-corrected chi connectivity index (χ2v) is 10.3. The van der Waals surface area contributed by atoms with Gasteiger partial charge in [0.2, 0.25) is 11.8 Å². The minimum absolute atomic E-state index is 0.118. The minimum atomic E-state index is -0.707. The van der Waals surface area contributed by atoms with Crippen molar-refractivity contribution in [2.45, 2.75) is 33.7 Å². The van der Waals surface area contributed by atoms with Crippen molar-refractivity contribution in [3.05, 3.63) is 58.1 Å². The number of hydrogen-bond donors (Lipinski definition) is 2. The van der Waals surface area contributed by atoms with Gasteiger partial charge in [-0.2, -0.15) is 0 Å². The molecule has 0 aliphatic carbocycles. The van der Waals surface area contributed by atoms with E-state index in [1.165, 1.54) is 6.92 Å². The predicted octanol–water partition coefficient (Wildman–Crippen LogP) is 4.45. The summed E-state index contributed by atoms with van der Waals surface area (Å²) in [6.07, 6.45) is 0. The molecule has 1 aliphatic heterocycles. The molecule has 1 unspecified atom stereocenters. The number of nitrogens with one attached hydrogen (secondary N) is 2. The summed E-state index contributed by atoms with van der Waals surface area (Å²) in [4.78, 5) is 41.7. The molecule has 2 aromatic carbocycles. The molecular formula is C25H30Cl2N4O3. The smallest absolute Gasteiger partial charge is 0.252 e. The number of amides is 3. The molecule has 3 amide bonds. The van der Waals surface area contributed by atoms with E-state index in [0.717, 1.165) is 5.69 Å². The van der Waals surface area contributed by atoms with Gasteiger partial charge < -0.3 is 20.4 Å². The lowest BCUT2D eigenvalue weighted by molar-refractivity contribution is -0.136. The van der Waals surface area contributed by atoms with Gasteiger partial charge in [-0.05, 0) is 41.8 Å². The molecule has 1 aliphatic rings. The first kappa shape index (κ1) is 25.8. The Labute approximate surface area is 210 Å². The number of carbonyl (C=O) groups is 3. The van der Waals surface area contributed by atoms with Crippen molar-refractivity contribution >= 4 is 52.3 Å². The van der Waals surface area contributed by atoms with E-state index in [0.29, 0.717) is 47.5 Å². The van der Waals surface area contributed by atoms with Gasteiger partial charge in [-0.25, -0.2) is 0 Å². The molecule has 3 rings (SSSR count). The van der Waals surface area contributed by atoms with E-state index in [-0.39, 0.29) is 17.7 Å². The van der Waals surface area contributed by atoms with E-state index >= 15 is 0 Å². The van der Waals surface area contributed by atoms with Crippen LogP contribution >= 0.6 is 23.2 Å². The minimum Gasteiger partial charge on any atom is -0.368 e. The first-order chi connectivity index (χ1) is 16.0. The van der Waals surface area contributed by atoms with Crippen LogP contribution in [0.25, 0.3) is 0 Å². The SMILES string of the molecule is CC(=O)Nc1cccc(C(=O)NC(C(=O)N2CCN(c3ccc(Cl)c(Cl)c3)CC2)C(C)(C)C)c1. The molecule has 9 heteroatoms. The van der Waals surface area contributed by atoms with E-state index in [1.54, 1.807) is 35.2 Å². The number of halogens is 2. The van der Waals surface area contributed by atoms with Gasteiger partial charge in [0.1, 0.15) is 6.04 Å². The summed E-state index contributed by atoms with van der Waals surface area (Å²) >= 11 is 12.2. The Morgan fingerprint density at radius 2 is 1.62 bits per heavy atom. The zero-order valence-corrected chi connectivity index (χ0v) is 21.3. The fraction of sp³-hybridized carbons (Fsp3) is 0.400. The molecule has 182 valence electrons. The fourth-order valence-corrected chi connectivity index (χ4v) is 4.15. The molecule has 1 atom stereocenters. The van der Waals surface area contributed by atoms with Gasteiger partial charge in [-0.1, -0.05) is 50.0 Å². The van der Waals surface area contributed by atoms with Crippen LogP contribution in [0.15, 0.2) is 42.5 Å². The van der Waals surface area contributed by atoms with Crippen molar-refractivity contribution in [2.75, 3.05) is 36.4 Å². The van der Waals surface area contributed by atoms with E-state index in [2.05, 4.69) is 15.5 Å². The second-order valence-electron chi connectivity index (χ2n) is 9.45. The van der Waals surface area contributed by atoms with Crippen LogP contribution in [0.5, 0.6) is 0 Å². The number of anilines is 2. The highest BCUT2D eigenvalue weighted by Gasteiger charge is 2.37. The Kier molecular flexibility index (Phi) is 8.10. The van der Waals surface area contributed by atoms with Crippen LogP contribution in [0.1, 0.15) is 38.1 Å². The Morgan fingerprint density at radius 1 is 0.941 bits per heavy atom. The van der Waals surface area contributed by atoms with Gasteiger partial charge in [-0.3, -0.25) is 14.4 Å². The predicted molar refractivity (Wildman–Crippen MR) is 137 cm³/mol. The van der Waals surface area contributed by atoms with Crippen LogP contribution < -0.4 is 15.5 Å². The first-order valence-electron chi connectivity index (χ1n) is 11.1. The third-order valence-electron chi connectivity index (χ3n) is 5.69. The lowest BCUT2D eigenvalue weighted by Gasteiger charge is -2.40. The van der Waals surface area contributed by atoms with Gasteiger partial charge in [0.05, 0.1) is 10.0 Å². The number of rotatable bonds is 5. The molecule has 0 aromatic heterocycles. The van der Waals surface area contributed by atoms with Crippen molar-refractivity contribution in [3.63, 3.8) is 0 Å². The highest BCUT2D eigenvalue weighted by atomic mass is 35.5. The summed E-state index contributed by atoms with van der Waals surface area (Å²) in [6.45, 7) is 9.53. The third kappa shape index (κ3) is 6.42. The van der Waals surface area contributed by atoms with E-state index in [1.807, 2.05) is 32.9 Å². The van der Waals surface area contributed by atoms with Gasteiger partial charge in [-0.15, -0.1) is 0 Å². The van der Waals surface area contributed by atoms with Crippen LogP contribution in [0, 0.1) is 5.41 Å². The summed E-state index contributed by atoms with van der Waals surface area (Å²) in [5.41, 5.74) is 1.36. The highest BCUT2D eigenvalue weighted by Crippen LogP contribution is 2.28. The second kappa shape index (κ2) is 10.7. The van der Waals surface area contributed by atoms with Crippen molar-refractivity contribution < 1.29 is 14.4 Å². The normalized spacial score (nSPS) is 15.0. The van der Waals surface area contributed by atoms with Crippen molar-refractivity contribution in [1.29, 1.82) is 0 Å². The maximum Gasteiger partial charge on any atom is 0.252 e. The standard InChI is InChI=1S/C25H30Cl2N4O3/c1-16(32)28-18-7-5-6-17(14-18)23(33)29-22(25(2,3)4)24(34)31-12-10-30(11-13-31)19-8-9-20(26)21(27)15-19/h5-9,14-15,22H,10-13H2,1-4H3,(H,28,32)(H,29,33). The summed E-state index contributed by atoms with van der Waals surface area (Å²) in [7, 11) is 0. The van der Waals surface area contributed by atoms with Gasteiger partial charge in [0.15, 0.2) is 0 Å². The van der Waals surface area contributed by atoms with Crippen molar-refractivity contribution in [2.24, 2.45) is 5.41 Å². The maximum atomic E-state index is 13.5. The molecule has 1 heterocycles. The highest BCUT2D eigenvalue weighted by molar-refractivity contribution is 6.42. The molecule has 1 saturated heterocycles. The topological polar surface area (TPSA) is 81.8 Å². The summed E-state index contributed by atoms with van der Waals surface area (Å²) in [5.74, 6) is -0.706. The van der Waals surface area contributed by atoms with Crippen LogP contribution in [-0.2, 0) is 9.59 Å². The Morgan fingerprint density at radius 3 is 2.21 bits per heavy atom. The fourth-order valence-electron chi connectivity index (χ4n) is 3.85. The monoisotopic (exact) mass is 504 g/mol. The zero-order valence-electron chi connectivity index (χ0n) is 19.8. The average Bonchev–Trinajstić information content (AvgIpc) is 2.78. The first-order valence-corrected chi connectivity index (χ1v) is 11.9.